The highest BCUT2D eigenvalue weighted by Crippen LogP contribution is 2.16. The summed E-state index contributed by atoms with van der Waals surface area (Å²) >= 11 is 0. The van der Waals surface area contributed by atoms with Crippen molar-refractivity contribution in [3.63, 3.8) is 0 Å². The molecule has 5 heteroatoms. The maximum absolute atomic E-state index is 12.0. The van der Waals surface area contributed by atoms with E-state index in [0.717, 1.165) is 25.1 Å². The van der Waals surface area contributed by atoms with E-state index in [2.05, 4.69) is 6.92 Å². The highest BCUT2D eigenvalue weighted by molar-refractivity contribution is 5.91. The minimum atomic E-state index is -0.437. The zero-order valence-electron chi connectivity index (χ0n) is 11.5. The zero-order chi connectivity index (χ0) is 14.5. The number of nitro groups is 1. The van der Waals surface area contributed by atoms with Crippen LogP contribution < -0.4 is 0 Å². The van der Waals surface area contributed by atoms with Crippen LogP contribution in [0.1, 0.15) is 25.3 Å². The lowest BCUT2D eigenvalue weighted by Crippen LogP contribution is -2.38. The van der Waals surface area contributed by atoms with E-state index in [1.807, 2.05) is 4.90 Å². The standard InChI is InChI=1S/C15H18N2O3/c1-12-3-2-10-16(11-12)15(18)9-6-13-4-7-14(8-5-13)17(19)20/h4-9,12H,2-3,10-11H2,1H3/b9-6+. The average molecular weight is 274 g/mol. The quantitative estimate of drug-likeness (QED) is 0.483. The molecule has 5 nitrogen and oxygen atoms in total. The number of likely N-dealkylation sites (tertiary alicyclic amines) is 1. The van der Waals surface area contributed by atoms with Crippen molar-refractivity contribution in [2.24, 2.45) is 5.92 Å². The van der Waals surface area contributed by atoms with Gasteiger partial charge in [-0.1, -0.05) is 6.92 Å². The van der Waals surface area contributed by atoms with Crippen LogP contribution in [0.4, 0.5) is 5.69 Å². The predicted molar refractivity (Wildman–Crippen MR) is 77.1 cm³/mol. The molecule has 2 rings (SSSR count). The second kappa shape index (κ2) is 6.32. The van der Waals surface area contributed by atoms with E-state index in [0.29, 0.717) is 5.92 Å². The lowest BCUT2D eigenvalue weighted by Gasteiger charge is -2.30. The zero-order valence-corrected chi connectivity index (χ0v) is 11.5. The molecule has 0 saturated carbocycles. The van der Waals surface area contributed by atoms with E-state index >= 15 is 0 Å². The summed E-state index contributed by atoms with van der Waals surface area (Å²) in [5, 5.41) is 10.5. The molecule has 1 atom stereocenters. The summed E-state index contributed by atoms with van der Waals surface area (Å²) in [6, 6.07) is 6.15. The first-order valence-corrected chi connectivity index (χ1v) is 6.77. The molecule has 20 heavy (non-hydrogen) atoms. The van der Waals surface area contributed by atoms with Crippen molar-refractivity contribution in [2.75, 3.05) is 13.1 Å². The lowest BCUT2D eigenvalue weighted by molar-refractivity contribution is -0.384. The number of nitro benzene ring substituents is 1. The SMILES string of the molecule is CC1CCCN(C(=O)/C=C/c2ccc([N+](=O)[O-])cc2)C1. The van der Waals surface area contributed by atoms with Gasteiger partial charge >= 0.3 is 0 Å². The lowest BCUT2D eigenvalue weighted by atomic mass is 10.0. The fourth-order valence-electron chi connectivity index (χ4n) is 2.37. The van der Waals surface area contributed by atoms with Gasteiger partial charge in [-0.15, -0.1) is 0 Å². The van der Waals surface area contributed by atoms with Crippen LogP contribution in [0.25, 0.3) is 6.08 Å². The summed E-state index contributed by atoms with van der Waals surface area (Å²) in [7, 11) is 0. The summed E-state index contributed by atoms with van der Waals surface area (Å²) in [4.78, 5) is 24.0. The van der Waals surface area contributed by atoms with Gasteiger partial charge in [0, 0.05) is 31.3 Å². The van der Waals surface area contributed by atoms with Gasteiger partial charge in [-0.3, -0.25) is 14.9 Å². The molecule has 1 aromatic carbocycles. The minimum Gasteiger partial charge on any atom is -0.339 e. The molecule has 0 aliphatic carbocycles. The largest absolute Gasteiger partial charge is 0.339 e. The molecule has 0 radical (unpaired) electrons. The van der Waals surface area contributed by atoms with Gasteiger partial charge in [-0.2, -0.15) is 0 Å². The van der Waals surface area contributed by atoms with E-state index in [1.54, 1.807) is 24.3 Å². The van der Waals surface area contributed by atoms with E-state index < -0.39 is 4.92 Å². The minimum absolute atomic E-state index is 0.00917. The molecule has 1 heterocycles. The highest BCUT2D eigenvalue weighted by atomic mass is 16.6. The Balaban J connectivity index is 1.97. The monoisotopic (exact) mass is 274 g/mol. The Morgan fingerprint density at radius 1 is 1.40 bits per heavy atom. The normalized spacial score (nSPS) is 19.2. The van der Waals surface area contributed by atoms with Crippen molar-refractivity contribution in [2.45, 2.75) is 19.8 Å². The van der Waals surface area contributed by atoms with Gasteiger partial charge in [0.2, 0.25) is 5.91 Å². The Labute approximate surface area is 118 Å². The Morgan fingerprint density at radius 3 is 2.70 bits per heavy atom. The molecular formula is C15H18N2O3. The van der Waals surface area contributed by atoms with Crippen molar-refractivity contribution in [3.8, 4) is 0 Å². The van der Waals surface area contributed by atoms with E-state index in [-0.39, 0.29) is 11.6 Å². The van der Waals surface area contributed by atoms with Gasteiger partial charge in [0.1, 0.15) is 0 Å². The third-order valence-corrected chi connectivity index (χ3v) is 3.49. The van der Waals surface area contributed by atoms with Crippen LogP contribution in [0.15, 0.2) is 30.3 Å². The number of hydrogen-bond donors (Lipinski definition) is 0. The number of nitrogens with zero attached hydrogens (tertiary/aromatic N) is 2. The van der Waals surface area contributed by atoms with Crippen LogP contribution in [0.5, 0.6) is 0 Å². The Morgan fingerprint density at radius 2 is 2.10 bits per heavy atom. The van der Waals surface area contributed by atoms with Gasteiger partial charge in [0.15, 0.2) is 0 Å². The average Bonchev–Trinajstić information content (AvgIpc) is 2.45. The number of carbonyl (C=O) groups excluding carboxylic acids is 1. The first-order valence-electron chi connectivity index (χ1n) is 6.77. The van der Waals surface area contributed by atoms with Gasteiger partial charge in [0.05, 0.1) is 4.92 Å². The predicted octanol–water partition coefficient (Wildman–Crippen LogP) is 2.87. The van der Waals surface area contributed by atoms with E-state index in [1.165, 1.54) is 18.6 Å². The molecule has 1 aliphatic heterocycles. The summed E-state index contributed by atoms with van der Waals surface area (Å²) in [5.74, 6) is 0.565. The molecule has 1 unspecified atom stereocenters. The van der Waals surface area contributed by atoms with Crippen LogP contribution in [0.3, 0.4) is 0 Å². The number of rotatable bonds is 3. The fourth-order valence-corrected chi connectivity index (χ4v) is 2.37. The molecule has 0 aromatic heterocycles. The van der Waals surface area contributed by atoms with Crippen LogP contribution in [-0.4, -0.2) is 28.8 Å². The maximum Gasteiger partial charge on any atom is 0.269 e. The number of amides is 1. The van der Waals surface area contributed by atoms with Crippen molar-refractivity contribution < 1.29 is 9.72 Å². The third kappa shape index (κ3) is 3.66. The van der Waals surface area contributed by atoms with Crippen LogP contribution in [0.2, 0.25) is 0 Å². The number of piperidine rings is 1. The molecule has 1 saturated heterocycles. The van der Waals surface area contributed by atoms with Gasteiger partial charge < -0.3 is 4.90 Å². The van der Waals surface area contributed by atoms with Crippen LogP contribution in [0, 0.1) is 16.0 Å². The van der Waals surface area contributed by atoms with Crippen molar-refractivity contribution in [3.05, 3.63) is 46.0 Å². The maximum atomic E-state index is 12.0. The van der Waals surface area contributed by atoms with Crippen LogP contribution >= 0.6 is 0 Å². The number of non-ortho nitro benzene ring substituents is 1. The summed E-state index contributed by atoms with van der Waals surface area (Å²) in [6.45, 7) is 3.77. The van der Waals surface area contributed by atoms with Crippen molar-refractivity contribution in [1.29, 1.82) is 0 Å². The van der Waals surface area contributed by atoms with E-state index in [4.69, 9.17) is 0 Å². The molecule has 0 bridgehead atoms. The first-order chi connectivity index (χ1) is 9.56. The molecule has 0 spiro atoms. The molecule has 1 fully saturated rings. The highest BCUT2D eigenvalue weighted by Gasteiger charge is 2.18. The molecular weight excluding hydrogens is 256 g/mol. The summed E-state index contributed by atoms with van der Waals surface area (Å²) in [6.07, 6.45) is 5.47. The van der Waals surface area contributed by atoms with E-state index in [9.17, 15) is 14.9 Å². The first kappa shape index (κ1) is 14.2. The van der Waals surface area contributed by atoms with Crippen LogP contribution in [-0.2, 0) is 4.79 Å². The second-order valence-corrected chi connectivity index (χ2v) is 5.21. The molecule has 1 aliphatic rings. The number of carbonyl (C=O) groups is 1. The summed E-state index contributed by atoms with van der Waals surface area (Å²) in [5.41, 5.74) is 0.840. The van der Waals surface area contributed by atoms with Crippen molar-refractivity contribution >= 4 is 17.7 Å². The smallest absolute Gasteiger partial charge is 0.269 e. The summed E-state index contributed by atoms with van der Waals surface area (Å²) < 4.78 is 0. The number of benzene rings is 1. The van der Waals surface area contributed by atoms with Gasteiger partial charge in [-0.25, -0.2) is 0 Å². The van der Waals surface area contributed by atoms with Gasteiger partial charge in [-0.05, 0) is 42.5 Å². The topological polar surface area (TPSA) is 63.5 Å². The Bertz CT molecular complexity index is 522. The Hall–Kier alpha value is -2.17. The molecule has 1 aromatic rings. The molecule has 1 amide bonds. The molecule has 0 N–H and O–H groups in total. The molecule has 106 valence electrons. The fraction of sp³-hybridized carbons (Fsp3) is 0.400. The third-order valence-electron chi connectivity index (χ3n) is 3.49. The van der Waals surface area contributed by atoms with Crippen molar-refractivity contribution in [1.82, 2.24) is 4.90 Å². The number of hydrogen-bond acceptors (Lipinski definition) is 3. The Kier molecular flexibility index (Phi) is 4.50. The second-order valence-electron chi connectivity index (χ2n) is 5.21. The van der Waals surface area contributed by atoms with Gasteiger partial charge in [0.25, 0.3) is 5.69 Å².